The lowest BCUT2D eigenvalue weighted by molar-refractivity contribution is -0.130. The molecule has 0 aliphatic carbocycles. The minimum atomic E-state index is -0.874. The number of carboxylic acids is 1. The molecule has 0 amide bonds. The van der Waals surface area contributed by atoms with Gasteiger partial charge in [-0.15, -0.1) is 0 Å². The molecule has 0 aliphatic rings. The molecule has 17 heavy (non-hydrogen) atoms. The summed E-state index contributed by atoms with van der Waals surface area (Å²) in [4.78, 5) is 11.3. The Labute approximate surface area is 100.0 Å². The standard InChI is InChI=1S/C14H15NO2/c1-9(2)13(14(16)17)11-8-15(3)12-7-5-4-6-10(11)12/h4-8H,1-3H3,(H,16,17). The molecule has 0 radical (unpaired) electrons. The number of carboxylic acid groups (broad SMARTS) is 1. The summed E-state index contributed by atoms with van der Waals surface area (Å²) < 4.78 is 1.95. The predicted molar refractivity (Wildman–Crippen MR) is 68.8 cm³/mol. The second kappa shape index (κ2) is 4.09. The molecule has 0 atom stereocenters. The molecule has 0 unspecified atom stereocenters. The van der Waals surface area contributed by atoms with Gasteiger partial charge >= 0.3 is 5.97 Å². The SMILES string of the molecule is CC(C)=C(C(=O)O)c1cn(C)c2ccccc12. The fourth-order valence-electron chi connectivity index (χ4n) is 2.14. The summed E-state index contributed by atoms with van der Waals surface area (Å²) in [5.74, 6) is -0.874. The van der Waals surface area contributed by atoms with Gasteiger partial charge in [0.25, 0.3) is 0 Å². The first-order valence-electron chi connectivity index (χ1n) is 5.47. The predicted octanol–water partition coefficient (Wildman–Crippen LogP) is 3.06. The van der Waals surface area contributed by atoms with Crippen molar-refractivity contribution in [3.63, 3.8) is 0 Å². The number of benzene rings is 1. The first-order chi connectivity index (χ1) is 8.02. The van der Waals surface area contributed by atoms with Crippen LogP contribution >= 0.6 is 0 Å². The van der Waals surface area contributed by atoms with E-state index in [1.165, 1.54) is 0 Å². The lowest BCUT2D eigenvalue weighted by Crippen LogP contribution is -2.01. The van der Waals surface area contributed by atoms with Crippen LogP contribution in [0, 0.1) is 0 Å². The minimum absolute atomic E-state index is 0.391. The number of aliphatic carboxylic acids is 1. The van der Waals surface area contributed by atoms with Crippen LogP contribution in [0.4, 0.5) is 0 Å². The Morgan fingerprint density at radius 2 is 1.88 bits per heavy atom. The largest absolute Gasteiger partial charge is 0.478 e. The van der Waals surface area contributed by atoms with E-state index < -0.39 is 5.97 Å². The third kappa shape index (κ3) is 1.84. The highest BCUT2D eigenvalue weighted by Gasteiger charge is 2.17. The van der Waals surface area contributed by atoms with E-state index in [4.69, 9.17) is 0 Å². The molecule has 3 nitrogen and oxygen atoms in total. The van der Waals surface area contributed by atoms with Gasteiger partial charge in [0.2, 0.25) is 0 Å². The summed E-state index contributed by atoms with van der Waals surface area (Å²) in [5.41, 5.74) is 3.04. The van der Waals surface area contributed by atoms with E-state index in [0.717, 1.165) is 22.0 Å². The third-order valence-electron chi connectivity index (χ3n) is 2.88. The molecule has 0 bridgehead atoms. The number of para-hydroxylation sites is 1. The maximum absolute atomic E-state index is 11.3. The van der Waals surface area contributed by atoms with Crippen molar-refractivity contribution in [3.05, 3.63) is 41.6 Å². The molecule has 2 aromatic rings. The molecule has 1 aromatic heterocycles. The zero-order valence-corrected chi connectivity index (χ0v) is 10.2. The van der Waals surface area contributed by atoms with Gasteiger partial charge in [0.05, 0.1) is 5.57 Å². The number of allylic oxidation sites excluding steroid dienone is 1. The van der Waals surface area contributed by atoms with Gasteiger partial charge in [-0.25, -0.2) is 4.79 Å². The zero-order chi connectivity index (χ0) is 12.6. The Morgan fingerprint density at radius 1 is 1.24 bits per heavy atom. The molecule has 88 valence electrons. The summed E-state index contributed by atoms with van der Waals surface area (Å²) >= 11 is 0. The molecule has 0 spiro atoms. The molecule has 3 heteroatoms. The summed E-state index contributed by atoms with van der Waals surface area (Å²) in [7, 11) is 1.93. The number of rotatable bonds is 2. The third-order valence-corrected chi connectivity index (χ3v) is 2.88. The first-order valence-corrected chi connectivity index (χ1v) is 5.47. The van der Waals surface area contributed by atoms with Crippen LogP contribution < -0.4 is 0 Å². The normalized spacial score (nSPS) is 10.5. The van der Waals surface area contributed by atoms with Crippen LogP contribution in [0.3, 0.4) is 0 Å². The van der Waals surface area contributed by atoms with Crippen LogP contribution in [0.15, 0.2) is 36.0 Å². The monoisotopic (exact) mass is 229 g/mol. The quantitative estimate of drug-likeness (QED) is 0.804. The fourth-order valence-corrected chi connectivity index (χ4v) is 2.14. The van der Waals surface area contributed by atoms with Crippen LogP contribution in [0.5, 0.6) is 0 Å². The molecule has 1 heterocycles. The smallest absolute Gasteiger partial charge is 0.336 e. The lowest BCUT2D eigenvalue weighted by Gasteiger charge is -2.03. The van der Waals surface area contributed by atoms with Gasteiger partial charge < -0.3 is 9.67 Å². The number of hydrogen-bond acceptors (Lipinski definition) is 1. The van der Waals surface area contributed by atoms with E-state index in [1.807, 2.05) is 55.9 Å². The average molecular weight is 229 g/mol. The summed E-state index contributed by atoms with van der Waals surface area (Å²) in [5, 5.41) is 10.3. The molecule has 0 aliphatic heterocycles. The van der Waals surface area contributed by atoms with Crippen molar-refractivity contribution in [1.29, 1.82) is 0 Å². The number of aromatic nitrogens is 1. The Bertz CT molecular complexity index is 616. The van der Waals surface area contributed by atoms with Crippen LogP contribution in [0.1, 0.15) is 19.4 Å². The van der Waals surface area contributed by atoms with Crippen LogP contribution in [0.25, 0.3) is 16.5 Å². The van der Waals surface area contributed by atoms with Gasteiger partial charge in [0.1, 0.15) is 0 Å². The van der Waals surface area contributed by atoms with Crippen molar-refractivity contribution >= 4 is 22.4 Å². The minimum Gasteiger partial charge on any atom is -0.478 e. The van der Waals surface area contributed by atoms with Crippen molar-refractivity contribution in [2.75, 3.05) is 0 Å². The van der Waals surface area contributed by atoms with E-state index in [0.29, 0.717) is 5.57 Å². The number of hydrogen-bond donors (Lipinski definition) is 1. The Balaban J connectivity index is 2.80. The lowest BCUT2D eigenvalue weighted by atomic mass is 10.0. The van der Waals surface area contributed by atoms with Crippen molar-refractivity contribution in [2.24, 2.45) is 7.05 Å². The second-order valence-electron chi connectivity index (χ2n) is 4.35. The van der Waals surface area contributed by atoms with Gasteiger partial charge in [-0.3, -0.25) is 0 Å². The van der Waals surface area contributed by atoms with Crippen LogP contribution in [-0.4, -0.2) is 15.6 Å². The number of nitrogens with zero attached hydrogens (tertiary/aromatic N) is 1. The van der Waals surface area contributed by atoms with Crippen molar-refractivity contribution in [2.45, 2.75) is 13.8 Å². The molecule has 1 aromatic carbocycles. The van der Waals surface area contributed by atoms with Crippen molar-refractivity contribution in [1.82, 2.24) is 4.57 Å². The summed E-state index contributed by atoms with van der Waals surface area (Å²) in [6.07, 6.45) is 1.88. The molecule has 0 saturated carbocycles. The van der Waals surface area contributed by atoms with Gasteiger partial charge in [0.15, 0.2) is 0 Å². The zero-order valence-electron chi connectivity index (χ0n) is 10.2. The molecular weight excluding hydrogens is 214 g/mol. The van der Waals surface area contributed by atoms with Crippen LogP contribution in [0.2, 0.25) is 0 Å². The highest BCUT2D eigenvalue weighted by Crippen LogP contribution is 2.28. The van der Waals surface area contributed by atoms with E-state index in [2.05, 4.69) is 0 Å². The average Bonchev–Trinajstić information content (AvgIpc) is 2.56. The van der Waals surface area contributed by atoms with Gasteiger partial charge in [-0.05, 0) is 19.9 Å². The Morgan fingerprint density at radius 3 is 2.47 bits per heavy atom. The highest BCUT2D eigenvalue weighted by atomic mass is 16.4. The Kier molecular flexibility index (Phi) is 2.76. The summed E-state index contributed by atoms with van der Waals surface area (Å²) in [6, 6.07) is 7.82. The van der Waals surface area contributed by atoms with Crippen molar-refractivity contribution < 1.29 is 9.90 Å². The topological polar surface area (TPSA) is 42.2 Å². The molecule has 0 fully saturated rings. The number of carbonyl (C=O) groups is 1. The number of aryl methyl sites for hydroxylation is 1. The molecule has 0 saturated heterocycles. The highest BCUT2D eigenvalue weighted by molar-refractivity contribution is 6.20. The number of fused-ring (bicyclic) bond motifs is 1. The van der Waals surface area contributed by atoms with Crippen molar-refractivity contribution in [3.8, 4) is 0 Å². The maximum atomic E-state index is 11.3. The first kappa shape index (κ1) is 11.5. The maximum Gasteiger partial charge on any atom is 0.336 e. The van der Waals surface area contributed by atoms with Gasteiger partial charge in [0, 0.05) is 29.7 Å². The van der Waals surface area contributed by atoms with Gasteiger partial charge in [-0.2, -0.15) is 0 Å². The van der Waals surface area contributed by atoms with Gasteiger partial charge in [-0.1, -0.05) is 23.8 Å². The second-order valence-corrected chi connectivity index (χ2v) is 4.35. The molecule has 2 rings (SSSR count). The van der Waals surface area contributed by atoms with E-state index in [-0.39, 0.29) is 0 Å². The van der Waals surface area contributed by atoms with E-state index in [1.54, 1.807) is 0 Å². The molecule has 1 N–H and O–H groups in total. The molecular formula is C14H15NO2. The van der Waals surface area contributed by atoms with E-state index in [9.17, 15) is 9.90 Å². The summed E-state index contributed by atoms with van der Waals surface area (Å²) in [6.45, 7) is 3.65. The van der Waals surface area contributed by atoms with Crippen LogP contribution in [-0.2, 0) is 11.8 Å². The Hall–Kier alpha value is -2.03. The fraction of sp³-hybridized carbons (Fsp3) is 0.214. The van der Waals surface area contributed by atoms with E-state index >= 15 is 0 Å².